The van der Waals surface area contributed by atoms with Crippen LogP contribution in [0.4, 0.5) is 0 Å². The zero-order chi connectivity index (χ0) is 9.24. The van der Waals surface area contributed by atoms with Gasteiger partial charge in [-0.15, -0.1) is 0 Å². The number of nitrogens with two attached hydrogens (primary N) is 1. The fourth-order valence-corrected chi connectivity index (χ4v) is 2.63. The number of hydrogen-bond donors (Lipinski definition) is 2. The molecule has 3 N–H and O–H groups in total. The normalized spacial score (nSPS) is 34.0. The van der Waals surface area contributed by atoms with Crippen LogP contribution in [0.15, 0.2) is 0 Å². The molecule has 1 atom stereocenters. The molecule has 0 spiro atoms. The van der Waals surface area contributed by atoms with E-state index in [1.54, 1.807) is 0 Å². The highest BCUT2D eigenvalue weighted by atomic mass is 16.3. The summed E-state index contributed by atoms with van der Waals surface area (Å²) in [5.41, 5.74) is 6.35. The van der Waals surface area contributed by atoms with Gasteiger partial charge in [-0.3, -0.25) is 0 Å². The molecular weight excluding hydrogens is 150 g/mol. The van der Waals surface area contributed by atoms with Crippen LogP contribution in [-0.2, 0) is 0 Å². The smallest absolute Gasteiger partial charge is 0.0437 e. The monoisotopic (exact) mass is 171 g/mol. The van der Waals surface area contributed by atoms with Crippen LogP contribution in [0.1, 0.15) is 39.5 Å². The fraction of sp³-hybridized carbons (Fsp3) is 1.00. The Kier molecular flexibility index (Phi) is 2.79. The first-order chi connectivity index (χ1) is 5.58. The van der Waals surface area contributed by atoms with Gasteiger partial charge >= 0.3 is 0 Å². The molecule has 0 saturated heterocycles. The van der Waals surface area contributed by atoms with Crippen molar-refractivity contribution >= 4 is 0 Å². The number of aliphatic hydroxyl groups excluding tert-OH is 1. The minimum absolute atomic E-state index is 0.210. The maximum absolute atomic E-state index is 9.00. The van der Waals surface area contributed by atoms with Gasteiger partial charge in [-0.2, -0.15) is 0 Å². The van der Waals surface area contributed by atoms with Gasteiger partial charge < -0.3 is 10.8 Å². The van der Waals surface area contributed by atoms with Gasteiger partial charge in [-0.1, -0.05) is 20.3 Å². The molecule has 0 aromatic heterocycles. The van der Waals surface area contributed by atoms with Gasteiger partial charge in [0.15, 0.2) is 0 Å². The van der Waals surface area contributed by atoms with E-state index in [-0.39, 0.29) is 12.0 Å². The summed E-state index contributed by atoms with van der Waals surface area (Å²) in [6.07, 6.45) is 4.59. The van der Waals surface area contributed by atoms with Crippen LogP contribution < -0.4 is 5.73 Å². The van der Waals surface area contributed by atoms with Crippen LogP contribution in [-0.4, -0.2) is 18.3 Å². The molecule has 0 radical (unpaired) electrons. The van der Waals surface area contributed by atoms with Crippen molar-refractivity contribution in [2.75, 3.05) is 13.2 Å². The Morgan fingerprint density at radius 3 is 2.33 bits per heavy atom. The highest BCUT2D eigenvalue weighted by molar-refractivity contribution is 4.98. The van der Waals surface area contributed by atoms with Crippen LogP contribution in [0.3, 0.4) is 0 Å². The average Bonchev–Trinajstić information content (AvgIpc) is 2.29. The van der Waals surface area contributed by atoms with Crippen molar-refractivity contribution in [3.63, 3.8) is 0 Å². The van der Waals surface area contributed by atoms with Gasteiger partial charge in [0.1, 0.15) is 0 Å². The van der Waals surface area contributed by atoms with Crippen molar-refractivity contribution in [1.82, 2.24) is 0 Å². The third-order valence-corrected chi connectivity index (χ3v) is 3.87. The summed E-state index contributed by atoms with van der Waals surface area (Å²) in [7, 11) is 0. The largest absolute Gasteiger partial charge is 0.396 e. The Hall–Kier alpha value is -0.0800. The van der Waals surface area contributed by atoms with Gasteiger partial charge in [-0.05, 0) is 36.6 Å². The lowest BCUT2D eigenvalue weighted by Crippen LogP contribution is -2.40. The molecule has 2 heteroatoms. The minimum atomic E-state index is 0.210. The summed E-state index contributed by atoms with van der Waals surface area (Å²) < 4.78 is 0. The van der Waals surface area contributed by atoms with E-state index in [0.29, 0.717) is 5.41 Å². The Morgan fingerprint density at radius 2 is 2.00 bits per heavy atom. The van der Waals surface area contributed by atoms with Crippen LogP contribution >= 0.6 is 0 Å². The lowest BCUT2D eigenvalue weighted by atomic mass is 9.66. The van der Waals surface area contributed by atoms with E-state index < -0.39 is 0 Å². The Morgan fingerprint density at radius 1 is 1.33 bits per heavy atom. The summed E-state index contributed by atoms with van der Waals surface area (Å²) in [4.78, 5) is 0. The van der Waals surface area contributed by atoms with E-state index in [0.717, 1.165) is 13.0 Å². The molecule has 0 heterocycles. The van der Waals surface area contributed by atoms with Gasteiger partial charge in [0.25, 0.3) is 0 Å². The molecular formula is C10H21NO. The first kappa shape index (κ1) is 10.0. The molecule has 1 saturated carbocycles. The highest BCUT2D eigenvalue weighted by Crippen LogP contribution is 2.53. The standard InChI is InChI=1S/C10H21NO/c1-9(2)4-3-5-10(9,8-11)6-7-12/h12H,3-8,11H2,1-2H3. The van der Waals surface area contributed by atoms with Crippen molar-refractivity contribution in [3.05, 3.63) is 0 Å². The summed E-state index contributed by atoms with van der Waals surface area (Å²) in [5, 5.41) is 9.00. The van der Waals surface area contributed by atoms with Crippen molar-refractivity contribution in [2.45, 2.75) is 39.5 Å². The van der Waals surface area contributed by atoms with Crippen molar-refractivity contribution in [1.29, 1.82) is 0 Å². The molecule has 0 amide bonds. The summed E-state index contributed by atoms with van der Waals surface area (Å²) in [6.45, 7) is 5.56. The second-order valence-corrected chi connectivity index (χ2v) is 4.70. The molecule has 0 aromatic rings. The molecule has 1 fully saturated rings. The van der Waals surface area contributed by atoms with Gasteiger partial charge in [-0.25, -0.2) is 0 Å². The highest BCUT2D eigenvalue weighted by Gasteiger charge is 2.46. The van der Waals surface area contributed by atoms with Crippen LogP contribution in [0, 0.1) is 10.8 Å². The molecule has 0 aliphatic heterocycles. The molecule has 1 aliphatic carbocycles. The number of aliphatic hydroxyl groups is 1. The van der Waals surface area contributed by atoms with Gasteiger partial charge in [0, 0.05) is 6.61 Å². The van der Waals surface area contributed by atoms with E-state index in [1.807, 2.05) is 0 Å². The van der Waals surface area contributed by atoms with Crippen molar-refractivity contribution < 1.29 is 5.11 Å². The van der Waals surface area contributed by atoms with Gasteiger partial charge in [0.2, 0.25) is 0 Å². The molecule has 2 nitrogen and oxygen atoms in total. The molecule has 1 unspecified atom stereocenters. The molecule has 0 bridgehead atoms. The second-order valence-electron chi connectivity index (χ2n) is 4.70. The maximum Gasteiger partial charge on any atom is 0.0437 e. The number of rotatable bonds is 3. The third kappa shape index (κ3) is 1.38. The van der Waals surface area contributed by atoms with Crippen LogP contribution in [0.25, 0.3) is 0 Å². The predicted octanol–water partition coefficient (Wildman–Crippen LogP) is 1.52. The second kappa shape index (κ2) is 3.35. The lowest BCUT2D eigenvalue weighted by molar-refractivity contribution is 0.0789. The van der Waals surface area contributed by atoms with Crippen LogP contribution in [0.2, 0.25) is 0 Å². The van der Waals surface area contributed by atoms with Crippen LogP contribution in [0.5, 0.6) is 0 Å². The Labute approximate surface area is 75.2 Å². The topological polar surface area (TPSA) is 46.2 Å². The molecule has 0 aromatic carbocycles. The van der Waals surface area contributed by atoms with E-state index in [2.05, 4.69) is 13.8 Å². The summed E-state index contributed by atoms with van der Waals surface area (Å²) in [5.74, 6) is 0. The summed E-state index contributed by atoms with van der Waals surface area (Å²) >= 11 is 0. The quantitative estimate of drug-likeness (QED) is 0.676. The summed E-state index contributed by atoms with van der Waals surface area (Å²) in [6, 6.07) is 0. The lowest BCUT2D eigenvalue weighted by Gasteiger charge is -2.40. The average molecular weight is 171 g/mol. The first-order valence-corrected chi connectivity index (χ1v) is 4.89. The zero-order valence-corrected chi connectivity index (χ0v) is 8.27. The van der Waals surface area contributed by atoms with Crippen molar-refractivity contribution in [2.24, 2.45) is 16.6 Å². The molecule has 72 valence electrons. The van der Waals surface area contributed by atoms with E-state index in [1.165, 1.54) is 19.3 Å². The SMILES string of the molecule is CC1(C)CCCC1(CN)CCO. The minimum Gasteiger partial charge on any atom is -0.396 e. The number of hydrogen-bond acceptors (Lipinski definition) is 2. The molecule has 12 heavy (non-hydrogen) atoms. The molecule has 1 rings (SSSR count). The van der Waals surface area contributed by atoms with Gasteiger partial charge in [0.05, 0.1) is 0 Å². The van der Waals surface area contributed by atoms with Crippen molar-refractivity contribution in [3.8, 4) is 0 Å². The fourth-order valence-electron chi connectivity index (χ4n) is 2.63. The van der Waals surface area contributed by atoms with E-state index >= 15 is 0 Å². The first-order valence-electron chi connectivity index (χ1n) is 4.89. The zero-order valence-electron chi connectivity index (χ0n) is 8.27. The Bertz CT molecular complexity index is 156. The Balaban J connectivity index is 2.76. The molecule has 1 aliphatic rings. The predicted molar refractivity (Wildman–Crippen MR) is 50.8 cm³/mol. The third-order valence-electron chi connectivity index (χ3n) is 3.87. The van der Waals surface area contributed by atoms with E-state index in [9.17, 15) is 0 Å². The maximum atomic E-state index is 9.00. The van der Waals surface area contributed by atoms with E-state index in [4.69, 9.17) is 10.8 Å².